The molecular formula is C16H23N3O5. The Morgan fingerprint density at radius 3 is 2.04 bits per heavy atom. The second kappa shape index (κ2) is 9.61. The Bertz CT molecular complexity index is 567. The molecule has 24 heavy (non-hydrogen) atoms. The first-order valence-corrected chi connectivity index (χ1v) is 7.50. The molecule has 1 aromatic rings. The maximum atomic E-state index is 12.2. The molecule has 0 fully saturated rings. The Labute approximate surface area is 141 Å². The number of carbonyl (C=O) groups is 3. The summed E-state index contributed by atoms with van der Waals surface area (Å²) >= 11 is 0. The minimum atomic E-state index is -0.735. The van der Waals surface area contributed by atoms with Crippen LogP contribution >= 0.6 is 0 Å². The Hall–Kier alpha value is -2.48. The number of hydrogen-bond acceptors (Lipinski definition) is 7. The van der Waals surface area contributed by atoms with Gasteiger partial charge in [-0.3, -0.25) is 4.79 Å². The Morgan fingerprint density at radius 1 is 1.04 bits per heavy atom. The summed E-state index contributed by atoms with van der Waals surface area (Å²) in [5.41, 5.74) is -0.102. The monoisotopic (exact) mass is 337 g/mol. The first kappa shape index (κ1) is 19.6. The third-order valence-electron chi connectivity index (χ3n) is 3.19. The summed E-state index contributed by atoms with van der Waals surface area (Å²) in [7, 11) is 6.36. The van der Waals surface area contributed by atoms with E-state index in [1.165, 1.54) is 26.4 Å². The number of rotatable bonds is 8. The highest BCUT2D eigenvalue weighted by Gasteiger charge is 2.18. The van der Waals surface area contributed by atoms with Crippen molar-refractivity contribution < 1.29 is 23.9 Å². The Balaban J connectivity index is 2.82. The number of esters is 2. The average molecular weight is 337 g/mol. The highest BCUT2D eigenvalue weighted by Crippen LogP contribution is 2.09. The lowest BCUT2D eigenvalue weighted by Crippen LogP contribution is -2.26. The maximum absolute atomic E-state index is 12.2. The zero-order valence-electron chi connectivity index (χ0n) is 14.4. The number of ether oxygens (including phenoxy) is 2. The first-order chi connectivity index (χ1) is 11.4. The largest absolute Gasteiger partial charge is 0.464 e. The van der Waals surface area contributed by atoms with E-state index in [-0.39, 0.29) is 17.0 Å². The first-order valence-electron chi connectivity index (χ1n) is 7.50. The van der Waals surface area contributed by atoms with Gasteiger partial charge >= 0.3 is 11.9 Å². The van der Waals surface area contributed by atoms with E-state index in [9.17, 15) is 14.4 Å². The number of aromatic nitrogens is 1. The fraction of sp³-hybridized carbons (Fsp3) is 0.500. The smallest absolute Gasteiger partial charge is 0.356 e. The summed E-state index contributed by atoms with van der Waals surface area (Å²) in [4.78, 5) is 41.4. The number of methoxy groups -OCH3 is 2. The molecule has 0 atom stereocenters. The molecule has 0 spiro atoms. The van der Waals surface area contributed by atoms with Crippen molar-refractivity contribution in [3.63, 3.8) is 0 Å². The molecule has 1 N–H and O–H groups in total. The van der Waals surface area contributed by atoms with Crippen LogP contribution in [-0.4, -0.2) is 69.1 Å². The van der Waals surface area contributed by atoms with Gasteiger partial charge in [0, 0.05) is 12.1 Å². The normalized spacial score (nSPS) is 10.4. The number of carbonyl (C=O) groups excluding carboxylic acids is 3. The SMILES string of the molecule is COC(=O)c1cc(C(=O)NCCCCN(C)C)cc(C(=O)OC)n1. The molecule has 0 saturated carbocycles. The molecule has 132 valence electrons. The van der Waals surface area contributed by atoms with E-state index < -0.39 is 17.8 Å². The van der Waals surface area contributed by atoms with Crippen molar-refractivity contribution in [2.24, 2.45) is 0 Å². The van der Waals surface area contributed by atoms with E-state index in [0.29, 0.717) is 6.54 Å². The van der Waals surface area contributed by atoms with Crippen LogP contribution in [0.4, 0.5) is 0 Å². The zero-order valence-corrected chi connectivity index (χ0v) is 14.4. The van der Waals surface area contributed by atoms with Crippen LogP contribution in [0.15, 0.2) is 12.1 Å². The van der Waals surface area contributed by atoms with Gasteiger partial charge in [0.15, 0.2) is 0 Å². The molecule has 0 aliphatic rings. The second-order valence-corrected chi connectivity index (χ2v) is 5.38. The van der Waals surface area contributed by atoms with E-state index in [1.54, 1.807) is 0 Å². The molecule has 1 aromatic heterocycles. The summed E-state index contributed by atoms with van der Waals surface area (Å²) in [5.74, 6) is -1.86. The molecule has 8 nitrogen and oxygen atoms in total. The Kier molecular flexibility index (Phi) is 7.84. The molecule has 1 amide bonds. The van der Waals surface area contributed by atoms with Gasteiger partial charge in [0.1, 0.15) is 11.4 Å². The third kappa shape index (κ3) is 5.96. The van der Waals surface area contributed by atoms with Gasteiger partial charge in [0.2, 0.25) is 0 Å². The van der Waals surface area contributed by atoms with Crippen molar-refractivity contribution in [3.05, 3.63) is 29.1 Å². The van der Waals surface area contributed by atoms with Gasteiger partial charge in [-0.2, -0.15) is 0 Å². The van der Waals surface area contributed by atoms with Crippen molar-refractivity contribution in [3.8, 4) is 0 Å². The zero-order chi connectivity index (χ0) is 18.1. The highest BCUT2D eigenvalue weighted by molar-refractivity contribution is 6.00. The molecule has 0 saturated heterocycles. The van der Waals surface area contributed by atoms with E-state index in [1.807, 2.05) is 14.1 Å². The lowest BCUT2D eigenvalue weighted by Gasteiger charge is -2.10. The van der Waals surface area contributed by atoms with Crippen molar-refractivity contribution >= 4 is 17.8 Å². The molecule has 0 unspecified atom stereocenters. The van der Waals surface area contributed by atoms with E-state index >= 15 is 0 Å². The van der Waals surface area contributed by atoms with Gasteiger partial charge in [-0.25, -0.2) is 14.6 Å². The van der Waals surface area contributed by atoms with Crippen LogP contribution in [0.3, 0.4) is 0 Å². The average Bonchev–Trinajstić information content (AvgIpc) is 2.58. The lowest BCUT2D eigenvalue weighted by molar-refractivity contribution is 0.0586. The molecule has 0 aliphatic heterocycles. The van der Waals surface area contributed by atoms with Crippen molar-refractivity contribution in [1.82, 2.24) is 15.2 Å². The van der Waals surface area contributed by atoms with Crippen LogP contribution < -0.4 is 5.32 Å². The number of nitrogens with one attached hydrogen (secondary N) is 1. The van der Waals surface area contributed by atoms with E-state index in [2.05, 4.69) is 24.7 Å². The quantitative estimate of drug-likeness (QED) is 0.551. The Morgan fingerprint density at radius 2 is 1.58 bits per heavy atom. The van der Waals surface area contributed by atoms with Crippen LogP contribution in [0.1, 0.15) is 44.2 Å². The van der Waals surface area contributed by atoms with Crippen LogP contribution in [0.5, 0.6) is 0 Å². The second-order valence-electron chi connectivity index (χ2n) is 5.38. The molecule has 0 aliphatic carbocycles. The summed E-state index contributed by atoms with van der Waals surface area (Å²) in [5, 5.41) is 2.75. The van der Waals surface area contributed by atoms with Crippen LogP contribution in [0, 0.1) is 0 Å². The minimum absolute atomic E-state index is 0.127. The number of nitrogens with zero attached hydrogens (tertiary/aromatic N) is 2. The van der Waals surface area contributed by atoms with Crippen LogP contribution in [0.2, 0.25) is 0 Å². The molecule has 0 aromatic carbocycles. The molecule has 0 radical (unpaired) electrons. The molecule has 8 heteroatoms. The minimum Gasteiger partial charge on any atom is -0.464 e. The molecule has 0 bridgehead atoms. The van der Waals surface area contributed by atoms with Gasteiger partial charge in [-0.15, -0.1) is 0 Å². The lowest BCUT2D eigenvalue weighted by atomic mass is 10.1. The van der Waals surface area contributed by atoms with Gasteiger partial charge < -0.3 is 19.7 Å². The van der Waals surface area contributed by atoms with Crippen molar-refractivity contribution in [1.29, 1.82) is 0 Å². The van der Waals surface area contributed by atoms with Crippen molar-refractivity contribution in [2.75, 3.05) is 41.4 Å². The maximum Gasteiger partial charge on any atom is 0.356 e. The fourth-order valence-electron chi connectivity index (χ4n) is 1.94. The van der Waals surface area contributed by atoms with Gasteiger partial charge in [0.05, 0.1) is 14.2 Å². The summed E-state index contributed by atoms with van der Waals surface area (Å²) < 4.78 is 9.17. The standard InChI is InChI=1S/C16H23N3O5/c1-19(2)8-6-5-7-17-14(20)11-9-12(15(21)23-3)18-13(10-11)16(22)24-4/h9-10H,5-8H2,1-4H3,(H,17,20). The van der Waals surface area contributed by atoms with Crippen molar-refractivity contribution in [2.45, 2.75) is 12.8 Å². The van der Waals surface area contributed by atoms with E-state index in [0.717, 1.165) is 19.4 Å². The number of amides is 1. The highest BCUT2D eigenvalue weighted by atomic mass is 16.5. The predicted octanol–water partition coefficient (Wildman–Crippen LogP) is 0.726. The number of pyridine rings is 1. The molecule has 1 rings (SSSR count). The number of unbranched alkanes of at least 4 members (excludes halogenated alkanes) is 1. The third-order valence-corrected chi connectivity index (χ3v) is 3.19. The number of hydrogen-bond donors (Lipinski definition) is 1. The summed E-state index contributed by atoms with van der Waals surface area (Å²) in [6, 6.07) is 2.57. The summed E-state index contributed by atoms with van der Waals surface area (Å²) in [6.07, 6.45) is 1.77. The van der Waals surface area contributed by atoms with Gasteiger partial charge in [-0.1, -0.05) is 0 Å². The molecular weight excluding hydrogens is 314 g/mol. The van der Waals surface area contributed by atoms with Gasteiger partial charge in [0.25, 0.3) is 5.91 Å². The fourth-order valence-corrected chi connectivity index (χ4v) is 1.94. The summed E-state index contributed by atoms with van der Waals surface area (Å²) in [6.45, 7) is 1.43. The van der Waals surface area contributed by atoms with Crippen LogP contribution in [0.25, 0.3) is 0 Å². The molecule has 1 heterocycles. The van der Waals surface area contributed by atoms with Crippen LogP contribution in [-0.2, 0) is 9.47 Å². The van der Waals surface area contributed by atoms with Gasteiger partial charge in [-0.05, 0) is 45.6 Å². The topological polar surface area (TPSA) is 97.8 Å². The van der Waals surface area contributed by atoms with E-state index in [4.69, 9.17) is 0 Å². The predicted molar refractivity (Wildman–Crippen MR) is 87.0 cm³/mol.